The zero-order chi connectivity index (χ0) is 26.2. The van der Waals surface area contributed by atoms with Crippen LogP contribution in [0.3, 0.4) is 0 Å². The predicted molar refractivity (Wildman–Crippen MR) is 128 cm³/mol. The minimum atomic E-state index is -1.72. The van der Waals surface area contributed by atoms with Crippen molar-refractivity contribution in [3.8, 4) is 0 Å². The number of aliphatic carboxylic acids is 1. The second-order valence-corrected chi connectivity index (χ2v) is 13.0. The number of aliphatic hydroxyl groups is 5. The quantitative estimate of drug-likeness (QED) is 0.307. The minimum Gasteiger partial charge on any atom is -0.479 e. The van der Waals surface area contributed by atoms with E-state index in [1.807, 2.05) is 0 Å². The Morgan fingerprint density at radius 1 is 0.944 bits per heavy atom. The first-order chi connectivity index (χ1) is 16.8. The molecule has 36 heavy (non-hydrogen) atoms. The number of carbonyl (C=O) groups is 1. The smallest absolute Gasteiger partial charge is 0.335 e. The first-order valence-corrected chi connectivity index (χ1v) is 13.8. The minimum absolute atomic E-state index is 0.140. The van der Waals surface area contributed by atoms with Gasteiger partial charge < -0.3 is 40.1 Å². The fourth-order valence-electron chi connectivity index (χ4n) is 9.43. The van der Waals surface area contributed by atoms with Crippen molar-refractivity contribution in [2.45, 2.75) is 127 Å². The second-order valence-electron chi connectivity index (χ2n) is 13.0. The van der Waals surface area contributed by atoms with Crippen LogP contribution in [0.25, 0.3) is 0 Å². The van der Waals surface area contributed by atoms with Crippen LogP contribution in [0.2, 0.25) is 0 Å². The summed E-state index contributed by atoms with van der Waals surface area (Å²) in [4.78, 5) is 11.4. The van der Waals surface area contributed by atoms with Gasteiger partial charge in [-0.1, -0.05) is 13.8 Å². The molecule has 5 fully saturated rings. The van der Waals surface area contributed by atoms with Gasteiger partial charge in [-0.15, -0.1) is 0 Å². The van der Waals surface area contributed by atoms with Gasteiger partial charge in [0.1, 0.15) is 18.3 Å². The molecule has 206 valence electrons. The molecule has 0 radical (unpaired) electrons. The van der Waals surface area contributed by atoms with Crippen molar-refractivity contribution in [2.24, 2.45) is 34.5 Å². The van der Waals surface area contributed by atoms with Crippen molar-refractivity contribution in [1.82, 2.24) is 0 Å². The van der Waals surface area contributed by atoms with Crippen LogP contribution in [0.4, 0.5) is 0 Å². The molecule has 0 bridgehead atoms. The van der Waals surface area contributed by atoms with Crippen LogP contribution in [0.5, 0.6) is 0 Å². The Kier molecular flexibility index (Phi) is 6.80. The molecule has 9 nitrogen and oxygen atoms in total. The summed E-state index contributed by atoms with van der Waals surface area (Å²) < 4.78 is 11.4. The Morgan fingerprint density at radius 2 is 1.64 bits per heavy atom. The molecule has 5 aliphatic rings. The molecule has 0 unspecified atom stereocenters. The van der Waals surface area contributed by atoms with E-state index in [1.165, 1.54) is 0 Å². The SMILES string of the molecule is C[C@H](O)[C@@]1(O)CC[C@H]2[C@@H]3CC[C@@H]4C[C@H](O[C@@H]5O[C@H](C(=O)O)[C@@H](O)[C@H](O)[C@H]5O)CC[C@]4(C)[C@H]3CC[C@@]21C. The molecule has 0 amide bonds. The maximum atomic E-state index is 11.4. The fraction of sp³-hybridized carbons (Fsp3) is 0.963. The summed E-state index contributed by atoms with van der Waals surface area (Å²) in [5.41, 5.74) is -1.13. The molecule has 0 aromatic rings. The molecular formula is C27H44O9. The molecule has 0 aromatic carbocycles. The highest BCUT2D eigenvalue weighted by Gasteiger charge is 2.66. The lowest BCUT2D eigenvalue weighted by atomic mass is 9.44. The first kappa shape index (κ1) is 26.8. The molecule has 6 N–H and O–H groups in total. The van der Waals surface area contributed by atoms with E-state index in [0.29, 0.717) is 30.1 Å². The van der Waals surface area contributed by atoms with Crippen molar-refractivity contribution in [2.75, 3.05) is 0 Å². The topological polar surface area (TPSA) is 157 Å². The van der Waals surface area contributed by atoms with Crippen molar-refractivity contribution in [1.29, 1.82) is 0 Å². The van der Waals surface area contributed by atoms with E-state index in [4.69, 9.17) is 9.47 Å². The van der Waals surface area contributed by atoms with Crippen molar-refractivity contribution >= 4 is 5.97 Å². The van der Waals surface area contributed by atoms with Crippen LogP contribution >= 0.6 is 0 Å². The molecule has 1 aliphatic heterocycles. The van der Waals surface area contributed by atoms with E-state index >= 15 is 0 Å². The average molecular weight is 513 g/mol. The van der Waals surface area contributed by atoms with Crippen LogP contribution in [-0.4, -0.2) is 85.1 Å². The van der Waals surface area contributed by atoms with Gasteiger partial charge in [-0.05, 0) is 93.8 Å². The van der Waals surface area contributed by atoms with Gasteiger partial charge in [0.25, 0.3) is 0 Å². The Morgan fingerprint density at radius 3 is 2.31 bits per heavy atom. The van der Waals surface area contributed by atoms with Gasteiger partial charge in [-0.25, -0.2) is 4.79 Å². The molecule has 5 rings (SSSR count). The number of rotatable bonds is 4. The molecule has 14 atom stereocenters. The van der Waals surface area contributed by atoms with E-state index in [-0.39, 0.29) is 16.9 Å². The maximum absolute atomic E-state index is 11.4. The lowest BCUT2D eigenvalue weighted by molar-refractivity contribution is -0.309. The van der Waals surface area contributed by atoms with Crippen LogP contribution < -0.4 is 0 Å². The summed E-state index contributed by atoms with van der Waals surface area (Å²) in [6, 6.07) is 0. The van der Waals surface area contributed by atoms with Gasteiger partial charge in [0.2, 0.25) is 0 Å². The van der Waals surface area contributed by atoms with Gasteiger partial charge in [0, 0.05) is 5.41 Å². The van der Waals surface area contributed by atoms with Crippen LogP contribution in [0, 0.1) is 34.5 Å². The number of aliphatic hydroxyl groups excluding tert-OH is 4. The number of carboxylic acid groups (broad SMARTS) is 1. The van der Waals surface area contributed by atoms with Crippen LogP contribution in [0.15, 0.2) is 0 Å². The molecule has 9 heteroatoms. The molecule has 0 aromatic heterocycles. The van der Waals surface area contributed by atoms with Crippen molar-refractivity contribution < 1.29 is 44.9 Å². The summed E-state index contributed by atoms with van der Waals surface area (Å²) in [5.74, 6) is 0.512. The number of hydrogen-bond donors (Lipinski definition) is 6. The Labute approximate surface area is 212 Å². The highest BCUT2D eigenvalue weighted by Crippen LogP contribution is 2.68. The Bertz CT molecular complexity index is 851. The second kappa shape index (κ2) is 9.14. The zero-order valence-electron chi connectivity index (χ0n) is 21.6. The van der Waals surface area contributed by atoms with Crippen LogP contribution in [0.1, 0.15) is 78.6 Å². The Hall–Kier alpha value is -0.810. The van der Waals surface area contributed by atoms with E-state index in [0.717, 1.165) is 51.4 Å². The summed E-state index contributed by atoms with van der Waals surface area (Å²) in [5, 5.41) is 61.7. The predicted octanol–water partition coefficient (Wildman–Crippen LogP) is 1.42. The molecule has 0 spiro atoms. The summed E-state index contributed by atoms with van der Waals surface area (Å²) in [6.07, 6.45) is -0.627. The standard InChI is InChI=1S/C27H44O9/c1-13(28)27(34)11-8-18-16-5-4-14-12-15(6-9-25(14,2)17(16)7-10-26(18,27)3)35-24-21(31)19(29)20(30)22(36-24)23(32)33/h13-22,24,28-31,34H,4-12H2,1-3H3,(H,32,33)/t13-,14+,15+,16+,17-,18-,19-,20-,21+,22-,24+,25-,26-,27-/m0/s1. The van der Waals surface area contributed by atoms with Gasteiger partial charge in [0.05, 0.1) is 17.8 Å². The maximum Gasteiger partial charge on any atom is 0.335 e. The lowest BCUT2D eigenvalue weighted by Gasteiger charge is -2.62. The average Bonchev–Trinajstić information content (AvgIpc) is 3.11. The van der Waals surface area contributed by atoms with Gasteiger partial charge >= 0.3 is 5.97 Å². The van der Waals surface area contributed by atoms with Crippen LogP contribution in [-0.2, 0) is 14.3 Å². The van der Waals surface area contributed by atoms with Crippen molar-refractivity contribution in [3.63, 3.8) is 0 Å². The highest BCUT2D eigenvalue weighted by molar-refractivity contribution is 5.73. The largest absolute Gasteiger partial charge is 0.479 e. The number of fused-ring (bicyclic) bond motifs is 5. The third-order valence-electron chi connectivity index (χ3n) is 11.7. The molecular weight excluding hydrogens is 468 g/mol. The molecule has 4 aliphatic carbocycles. The van der Waals surface area contributed by atoms with E-state index in [9.17, 15) is 35.4 Å². The fourth-order valence-corrected chi connectivity index (χ4v) is 9.43. The first-order valence-electron chi connectivity index (χ1n) is 13.8. The third kappa shape index (κ3) is 3.80. The summed E-state index contributed by atoms with van der Waals surface area (Å²) in [7, 11) is 0. The van der Waals surface area contributed by atoms with E-state index in [1.54, 1.807) is 6.92 Å². The lowest BCUT2D eigenvalue weighted by Crippen LogP contribution is -2.61. The van der Waals surface area contributed by atoms with Gasteiger partial charge in [-0.2, -0.15) is 0 Å². The van der Waals surface area contributed by atoms with Gasteiger partial charge in [-0.3, -0.25) is 0 Å². The number of carboxylic acids is 1. The normalized spacial score (nSPS) is 55.8. The van der Waals surface area contributed by atoms with Crippen molar-refractivity contribution in [3.05, 3.63) is 0 Å². The molecule has 4 saturated carbocycles. The molecule has 1 heterocycles. The number of hydrogen-bond acceptors (Lipinski definition) is 8. The number of ether oxygens (including phenoxy) is 2. The highest BCUT2D eigenvalue weighted by atomic mass is 16.7. The molecule has 1 saturated heterocycles. The van der Waals surface area contributed by atoms with Gasteiger partial charge in [0.15, 0.2) is 12.4 Å². The third-order valence-corrected chi connectivity index (χ3v) is 11.7. The zero-order valence-corrected chi connectivity index (χ0v) is 21.6. The monoisotopic (exact) mass is 512 g/mol. The van der Waals surface area contributed by atoms with E-state index < -0.39 is 48.4 Å². The van der Waals surface area contributed by atoms with E-state index in [2.05, 4.69) is 13.8 Å². The Balaban J connectivity index is 1.27. The summed E-state index contributed by atoms with van der Waals surface area (Å²) in [6.45, 7) is 6.32. The summed E-state index contributed by atoms with van der Waals surface area (Å²) >= 11 is 0.